The van der Waals surface area contributed by atoms with Gasteiger partial charge in [-0.3, -0.25) is 0 Å². The molecule has 0 aromatic rings. The van der Waals surface area contributed by atoms with Crippen molar-refractivity contribution in [2.24, 2.45) is 5.14 Å². The maximum atomic E-state index is 12.2. The SMILES string of the molecule is CC(C)(C)OC(=O)N[C@@H](CCCCS(N)(=O)=O)C(=O)OC(C)(C)C. The van der Waals surface area contributed by atoms with Crippen LogP contribution in [0.15, 0.2) is 0 Å². The topological polar surface area (TPSA) is 125 Å². The van der Waals surface area contributed by atoms with Gasteiger partial charge >= 0.3 is 12.1 Å². The Kier molecular flexibility index (Phi) is 8.17. The van der Waals surface area contributed by atoms with Crippen LogP contribution in [-0.4, -0.2) is 43.5 Å². The minimum absolute atomic E-state index is 0.180. The molecule has 1 amide bonds. The fraction of sp³-hybridized carbons (Fsp3) is 0.867. The van der Waals surface area contributed by atoms with E-state index >= 15 is 0 Å². The fourth-order valence-corrected chi connectivity index (χ4v) is 2.33. The van der Waals surface area contributed by atoms with Crippen molar-refractivity contribution in [2.45, 2.75) is 78.0 Å². The number of sulfonamides is 1. The third kappa shape index (κ3) is 13.1. The number of carbonyl (C=O) groups excluding carboxylic acids is 2. The largest absolute Gasteiger partial charge is 0.458 e. The molecule has 0 heterocycles. The zero-order valence-electron chi connectivity index (χ0n) is 15.3. The molecule has 1 atom stereocenters. The molecule has 0 aliphatic carbocycles. The van der Waals surface area contributed by atoms with Gasteiger partial charge in [0.25, 0.3) is 0 Å². The van der Waals surface area contributed by atoms with Crippen molar-refractivity contribution in [3.05, 3.63) is 0 Å². The molecule has 9 heteroatoms. The van der Waals surface area contributed by atoms with Crippen molar-refractivity contribution >= 4 is 22.1 Å². The zero-order valence-corrected chi connectivity index (χ0v) is 16.2. The molecule has 0 aromatic carbocycles. The van der Waals surface area contributed by atoms with Crippen LogP contribution < -0.4 is 10.5 Å². The van der Waals surface area contributed by atoms with Gasteiger partial charge in [-0.2, -0.15) is 0 Å². The smallest absolute Gasteiger partial charge is 0.408 e. The number of primary sulfonamides is 1. The average Bonchev–Trinajstić information content (AvgIpc) is 2.26. The number of hydrogen-bond donors (Lipinski definition) is 2. The van der Waals surface area contributed by atoms with Crippen molar-refractivity contribution in [1.82, 2.24) is 5.32 Å². The third-order valence-electron chi connectivity index (χ3n) is 2.55. The van der Waals surface area contributed by atoms with E-state index in [0.717, 1.165) is 0 Å². The van der Waals surface area contributed by atoms with E-state index in [0.29, 0.717) is 6.42 Å². The first-order valence-electron chi connectivity index (χ1n) is 7.82. The number of unbranched alkanes of at least 4 members (excludes halogenated alkanes) is 1. The number of rotatable bonds is 7. The zero-order chi connectivity index (χ0) is 19.2. The van der Waals surface area contributed by atoms with E-state index in [1.54, 1.807) is 41.5 Å². The second kappa shape index (κ2) is 8.66. The van der Waals surface area contributed by atoms with Gasteiger partial charge in [-0.1, -0.05) is 0 Å². The lowest BCUT2D eigenvalue weighted by Gasteiger charge is -2.26. The Morgan fingerprint density at radius 1 is 1.00 bits per heavy atom. The van der Waals surface area contributed by atoms with Crippen LogP contribution in [0.4, 0.5) is 4.79 Å². The van der Waals surface area contributed by atoms with E-state index in [2.05, 4.69) is 5.32 Å². The van der Waals surface area contributed by atoms with Crippen LogP contribution in [0.1, 0.15) is 60.8 Å². The summed E-state index contributed by atoms with van der Waals surface area (Å²) in [4.78, 5) is 24.1. The number of hydrogen-bond acceptors (Lipinski definition) is 6. The van der Waals surface area contributed by atoms with Gasteiger partial charge in [0.1, 0.15) is 17.2 Å². The van der Waals surface area contributed by atoms with E-state index in [9.17, 15) is 18.0 Å². The molecule has 0 saturated heterocycles. The van der Waals surface area contributed by atoms with Gasteiger partial charge in [0.05, 0.1) is 5.75 Å². The lowest BCUT2D eigenvalue weighted by molar-refractivity contribution is -0.157. The summed E-state index contributed by atoms with van der Waals surface area (Å²) in [5.41, 5.74) is -1.40. The maximum Gasteiger partial charge on any atom is 0.408 e. The van der Waals surface area contributed by atoms with E-state index in [1.807, 2.05) is 0 Å². The summed E-state index contributed by atoms with van der Waals surface area (Å²) in [5, 5.41) is 7.41. The molecule has 142 valence electrons. The first-order valence-corrected chi connectivity index (χ1v) is 9.53. The maximum absolute atomic E-state index is 12.2. The van der Waals surface area contributed by atoms with Crippen molar-refractivity contribution in [1.29, 1.82) is 0 Å². The molecule has 0 rings (SSSR count). The van der Waals surface area contributed by atoms with Crippen molar-refractivity contribution < 1.29 is 27.5 Å². The van der Waals surface area contributed by atoms with Crippen molar-refractivity contribution in [3.63, 3.8) is 0 Å². The van der Waals surface area contributed by atoms with Crippen LogP contribution in [0.25, 0.3) is 0 Å². The summed E-state index contributed by atoms with van der Waals surface area (Å²) >= 11 is 0. The average molecular weight is 366 g/mol. The number of carbonyl (C=O) groups is 2. The van der Waals surface area contributed by atoms with Gasteiger partial charge in [-0.25, -0.2) is 23.1 Å². The second-order valence-corrected chi connectivity index (χ2v) is 9.33. The van der Waals surface area contributed by atoms with E-state index in [1.165, 1.54) is 0 Å². The molecule has 0 fully saturated rings. The van der Waals surface area contributed by atoms with E-state index < -0.39 is 39.3 Å². The molecule has 8 nitrogen and oxygen atoms in total. The Morgan fingerprint density at radius 3 is 1.92 bits per heavy atom. The Bertz CT molecular complexity index is 531. The summed E-state index contributed by atoms with van der Waals surface area (Å²) in [6, 6.07) is -0.917. The van der Waals surface area contributed by atoms with Crippen LogP contribution >= 0.6 is 0 Å². The second-order valence-electron chi connectivity index (χ2n) is 7.60. The van der Waals surface area contributed by atoms with Crippen molar-refractivity contribution in [2.75, 3.05) is 5.75 Å². The number of nitrogens with one attached hydrogen (secondary N) is 1. The van der Waals surface area contributed by atoms with Gasteiger partial charge in [0.15, 0.2) is 0 Å². The lowest BCUT2D eigenvalue weighted by Crippen LogP contribution is -2.46. The minimum atomic E-state index is -3.55. The van der Waals surface area contributed by atoms with Gasteiger partial charge in [0, 0.05) is 0 Å². The van der Waals surface area contributed by atoms with Gasteiger partial charge in [0.2, 0.25) is 10.0 Å². The predicted molar refractivity (Wildman–Crippen MR) is 90.8 cm³/mol. The van der Waals surface area contributed by atoms with Crippen LogP contribution in [0, 0.1) is 0 Å². The van der Waals surface area contributed by atoms with E-state index in [-0.39, 0.29) is 18.6 Å². The number of alkyl carbamates (subject to hydrolysis) is 1. The Hall–Kier alpha value is -1.35. The monoisotopic (exact) mass is 366 g/mol. The van der Waals surface area contributed by atoms with Crippen LogP contribution in [0.2, 0.25) is 0 Å². The molecule has 0 bridgehead atoms. The summed E-state index contributed by atoms with van der Waals surface area (Å²) in [6.45, 7) is 10.3. The Labute approximate surface area is 144 Å². The fourth-order valence-electron chi connectivity index (χ4n) is 1.72. The molecule has 0 aromatic heterocycles. The molecule has 0 unspecified atom stereocenters. The molecule has 0 aliphatic rings. The highest BCUT2D eigenvalue weighted by Crippen LogP contribution is 2.13. The Balaban J connectivity index is 4.77. The standard InChI is InChI=1S/C15H30N2O6S/c1-14(2,3)22-12(18)11(9-7-8-10-24(16,20)21)17-13(19)23-15(4,5)6/h11H,7-10H2,1-6H3,(H,17,19)(H2,16,20,21)/t11-/m0/s1. The first-order chi connectivity index (χ1) is 10.6. The third-order valence-corrected chi connectivity index (χ3v) is 3.41. The molecule has 0 saturated carbocycles. The van der Waals surface area contributed by atoms with E-state index in [4.69, 9.17) is 14.6 Å². The van der Waals surface area contributed by atoms with Gasteiger partial charge < -0.3 is 14.8 Å². The molecule has 3 N–H and O–H groups in total. The number of ether oxygens (including phenoxy) is 2. The molecular weight excluding hydrogens is 336 g/mol. The summed E-state index contributed by atoms with van der Waals surface area (Å²) in [6.07, 6.45) is 0.165. The van der Waals surface area contributed by atoms with Crippen LogP contribution in [0.3, 0.4) is 0 Å². The highest BCUT2D eigenvalue weighted by molar-refractivity contribution is 7.89. The van der Waals surface area contributed by atoms with Crippen LogP contribution in [-0.2, 0) is 24.3 Å². The summed E-state index contributed by atoms with van der Waals surface area (Å²) < 4.78 is 32.3. The van der Waals surface area contributed by atoms with Gasteiger partial charge in [-0.15, -0.1) is 0 Å². The predicted octanol–water partition coefficient (Wildman–Crippen LogP) is 1.68. The molecule has 0 radical (unpaired) electrons. The Morgan fingerprint density at radius 2 is 1.50 bits per heavy atom. The normalized spacial score (nSPS) is 14.0. The molecule has 0 aliphatic heterocycles. The first kappa shape index (κ1) is 22.6. The lowest BCUT2D eigenvalue weighted by atomic mass is 10.1. The molecule has 24 heavy (non-hydrogen) atoms. The highest BCUT2D eigenvalue weighted by atomic mass is 32.2. The van der Waals surface area contributed by atoms with Crippen LogP contribution in [0.5, 0.6) is 0 Å². The summed E-state index contributed by atoms with van der Waals surface area (Å²) in [7, 11) is -3.55. The number of amides is 1. The molecular formula is C15H30N2O6S. The number of nitrogens with two attached hydrogens (primary N) is 1. The minimum Gasteiger partial charge on any atom is -0.458 e. The van der Waals surface area contributed by atoms with Crippen molar-refractivity contribution in [3.8, 4) is 0 Å². The summed E-state index contributed by atoms with van der Waals surface area (Å²) in [5.74, 6) is -0.774. The number of esters is 1. The molecule has 0 spiro atoms. The van der Waals surface area contributed by atoms with Gasteiger partial charge in [-0.05, 0) is 60.8 Å². The highest BCUT2D eigenvalue weighted by Gasteiger charge is 2.28. The quantitative estimate of drug-likeness (QED) is 0.522.